The summed E-state index contributed by atoms with van der Waals surface area (Å²) in [6, 6.07) is 8.32. The highest BCUT2D eigenvalue weighted by atomic mass is 15.1. The second kappa shape index (κ2) is 7.62. The summed E-state index contributed by atoms with van der Waals surface area (Å²) in [5.74, 6) is 1.51. The molecule has 0 amide bonds. The van der Waals surface area contributed by atoms with Gasteiger partial charge in [0, 0.05) is 18.4 Å². The minimum Gasteiger partial charge on any atom is -0.370 e. The number of hydrogen-bond donors (Lipinski definition) is 2. The van der Waals surface area contributed by atoms with E-state index in [2.05, 4.69) is 59.6 Å². The van der Waals surface area contributed by atoms with Gasteiger partial charge in [-0.1, -0.05) is 39.0 Å². The lowest BCUT2D eigenvalue weighted by molar-refractivity contribution is 0.965. The maximum Gasteiger partial charge on any atom is 0.229 e. The van der Waals surface area contributed by atoms with Crippen LogP contribution in [-0.2, 0) is 12.8 Å². The summed E-state index contributed by atoms with van der Waals surface area (Å²) < 4.78 is 0. The van der Waals surface area contributed by atoms with Crippen LogP contribution in [0.5, 0.6) is 0 Å². The number of para-hydroxylation sites is 1. The molecular weight excluding hydrogens is 260 g/mol. The molecule has 2 aromatic rings. The predicted molar refractivity (Wildman–Crippen MR) is 89.3 cm³/mol. The molecule has 0 fully saturated rings. The highest BCUT2D eigenvalue weighted by Gasteiger charge is 2.08. The third-order valence-electron chi connectivity index (χ3n) is 3.45. The standard InChI is InChI=1S/C17H24N4/c1-4-11-18-15-10-12-19-17(20-15)21-16-13(5-2)8-7-9-14(16)6-3/h7-10,12H,4-6,11H2,1-3H3,(H2,18,19,20,21). The molecule has 21 heavy (non-hydrogen) atoms. The smallest absolute Gasteiger partial charge is 0.229 e. The van der Waals surface area contributed by atoms with Crippen molar-refractivity contribution in [2.75, 3.05) is 17.2 Å². The average Bonchev–Trinajstić information content (AvgIpc) is 2.53. The monoisotopic (exact) mass is 284 g/mol. The molecule has 4 nitrogen and oxygen atoms in total. The minimum atomic E-state index is 0.645. The van der Waals surface area contributed by atoms with Gasteiger partial charge in [-0.3, -0.25) is 0 Å². The van der Waals surface area contributed by atoms with Crippen molar-refractivity contribution in [2.45, 2.75) is 40.0 Å². The topological polar surface area (TPSA) is 49.8 Å². The van der Waals surface area contributed by atoms with Gasteiger partial charge in [-0.2, -0.15) is 4.98 Å². The van der Waals surface area contributed by atoms with Crippen molar-refractivity contribution in [3.05, 3.63) is 41.6 Å². The lowest BCUT2D eigenvalue weighted by Gasteiger charge is -2.14. The fraction of sp³-hybridized carbons (Fsp3) is 0.412. The lowest BCUT2D eigenvalue weighted by atomic mass is 10.0. The number of rotatable bonds is 7. The number of nitrogens with zero attached hydrogens (tertiary/aromatic N) is 2. The first-order valence-electron chi connectivity index (χ1n) is 7.73. The third-order valence-corrected chi connectivity index (χ3v) is 3.45. The molecule has 0 aliphatic heterocycles. The molecule has 4 heteroatoms. The zero-order valence-corrected chi connectivity index (χ0v) is 13.1. The van der Waals surface area contributed by atoms with Crippen LogP contribution in [0.4, 0.5) is 17.5 Å². The van der Waals surface area contributed by atoms with E-state index in [1.165, 1.54) is 11.1 Å². The van der Waals surface area contributed by atoms with Crippen LogP contribution in [0.2, 0.25) is 0 Å². The minimum absolute atomic E-state index is 0.645. The average molecular weight is 284 g/mol. The molecule has 0 saturated heterocycles. The van der Waals surface area contributed by atoms with Gasteiger partial charge in [0.2, 0.25) is 5.95 Å². The Labute approximate surface area is 127 Å². The molecule has 0 aliphatic carbocycles. The van der Waals surface area contributed by atoms with Crippen molar-refractivity contribution in [2.24, 2.45) is 0 Å². The van der Waals surface area contributed by atoms with Crippen LogP contribution in [0.3, 0.4) is 0 Å². The number of nitrogens with one attached hydrogen (secondary N) is 2. The summed E-state index contributed by atoms with van der Waals surface area (Å²) in [7, 11) is 0. The molecule has 0 spiro atoms. The Morgan fingerprint density at radius 3 is 2.33 bits per heavy atom. The number of benzene rings is 1. The molecular formula is C17H24N4. The molecule has 1 heterocycles. The lowest BCUT2D eigenvalue weighted by Crippen LogP contribution is -2.06. The van der Waals surface area contributed by atoms with Crippen molar-refractivity contribution in [1.29, 1.82) is 0 Å². The second-order valence-electron chi connectivity index (χ2n) is 4.98. The van der Waals surface area contributed by atoms with E-state index in [1.807, 2.05) is 6.07 Å². The van der Waals surface area contributed by atoms with E-state index in [0.29, 0.717) is 5.95 Å². The molecule has 1 aromatic heterocycles. The Morgan fingerprint density at radius 2 is 1.71 bits per heavy atom. The Morgan fingerprint density at radius 1 is 1.00 bits per heavy atom. The number of anilines is 3. The van der Waals surface area contributed by atoms with Crippen LogP contribution in [-0.4, -0.2) is 16.5 Å². The molecule has 1 aromatic carbocycles. The van der Waals surface area contributed by atoms with Gasteiger partial charge in [-0.05, 0) is 36.5 Å². The van der Waals surface area contributed by atoms with Gasteiger partial charge in [-0.25, -0.2) is 4.98 Å². The fourth-order valence-electron chi connectivity index (χ4n) is 2.29. The highest BCUT2D eigenvalue weighted by Crippen LogP contribution is 2.25. The summed E-state index contributed by atoms with van der Waals surface area (Å²) in [6.45, 7) is 7.39. The SMILES string of the molecule is CCCNc1ccnc(Nc2c(CC)cccc2CC)n1. The van der Waals surface area contributed by atoms with Crippen LogP contribution in [0, 0.1) is 0 Å². The van der Waals surface area contributed by atoms with E-state index in [1.54, 1.807) is 6.20 Å². The van der Waals surface area contributed by atoms with Crippen LogP contribution in [0.25, 0.3) is 0 Å². The molecule has 0 radical (unpaired) electrons. The first-order chi connectivity index (χ1) is 10.3. The normalized spacial score (nSPS) is 10.4. The van der Waals surface area contributed by atoms with Gasteiger partial charge in [-0.15, -0.1) is 0 Å². The van der Waals surface area contributed by atoms with Crippen LogP contribution in [0.15, 0.2) is 30.5 Å². The van der Waals surface area contributed by atoms with Crippen LogP contribution < -0.4 is 10.6 Å². The largest absolute Gasteiger partial charge is 0.370 e. The molecule has 0 atom stereocenters. The predicted octanol–water partition coefficient (Wildman–Crippen LogP) is 4.17. The van der Waals surface area contributed by atoms with Gasteiger partial charge in [0.1, 0.15) is 5.82 Å². The molecule has 0 unspecified atom stereocenters. The van der Waals surface area contributed by atoms with E-state index >= 15 is 0 Å². The van der Waals surface area contributed by atoms with Gasteiger partial charge >= 0.3 is 0 Å². The van der Waals surface area contributed by atoms with E-state index < -0.39 is 0 Å². The second-order valence-corrected chi connectivity index (χ2v) is 4.98. The first-order valence-corrected chi connectivity index (χ1v) is 7.73. The summed E-state index contributed by atoms with van der Waals surface area (Å²) in [6.07, 6.45) is 4.84. The maximum atomic E-state index is 4.52. The van der Waals surface area contributed by atoms with E-state index in [-0.39, 0.29) is 0 Å². The van der Waals surface area contributed by atoms with Crippen molar-refractivity contribution >= 4 is 17.5 Å². The number of hydrogen-bond acceptors (Lipinski definition) is 4. The molecule has 0 bridgehead atoms. The molecule has 0 aliphatic rings. The molecule has 2 N–H and O–H groups in total. The number of aromatic nitrogens is 2. The summed E-state index contributed by atoms with van der Waals surface area (Å²) >= 11 is 0. The summed E-state index contributed by atoms with van der Waals surface area (Å²) in [5.41, 5.74) is 3.74. The van der Waals surface area contributed by atoms with E-state index in [4.69, 9.17) is 0 Å². The summed E-state index contributed by atoms with van der Waals surface area (Å²) in [4.78, 5) is 8.85. The molecule has 2 rings (SSSR count). The van der Waals surface area contributed by atoms with Crippen molar-refractivity contribution in [3.8, 4) is 0 Å². The van der Waals surface area contributed by atoms with Crippen molar-refractivity contribution < 1.29 is 0 Å². The van der Waals surface area contributed by atoms with Crippen LogP contribution in [0.1, 0.15) is 38.3 Å². The Kier molecular flexibility index (Phi) is 5.55. The maximum absolute atomic E-state index is 4.52. The van der Waals surface area contributed by atoms with Gasteiger partial charge in [0.05, 0.1) is 0 Å². The van der Waals surface area contributed by atoms with E-state index in [0.717, 1.165) is 37.3 Å². The van der Waals surface area contributed by atoms with Gasteiger partial charge < -0.3 is 10.6 Å². The van der Waals surface area contributed by atoms with Gasteiger partial charge in [0.15, 0.2) is 0 Å². The molecule has 0 saturated carbocycles. The quantitative estimate of drug-likeness (QED) is 0.801. The summed E-state index contributed by atoms with van der Waals surface area (Å²) in [5, 5.41) is 6.68. The Hall–Kier alpha value is -2.10. The highest BCUT2D eigenvalue weighted by molar-refractivity contribution is 5.64. The zero-order valence-electron chi connectivity index (χ0n) is 13.1. The molecule has 112 valence electrons. The van der Waals surface area contributed by atoms with Gasteiger partial charge in [0.25, 0.3) is 0 Å². The Balaban J connectivity index is 2.25. The van der Waals surface area contributed by atoms with E-state index in [9.17, 15) is 0 Å². The first kappa shape index (κ1) is 15.3. The van der Waals surface area contributed by atoms with Crippen molar-refractivity contribution in [3.63, 3.8) is 0 Å². The van der Waals surface area contributed by atoms with Crippen LogP contribution >= 0.6 is 0 Å². The third kappa shape index (κ3) is 3.94. The zero-order chi connectivity index (χ0) is 15.1. The Bertz CT molecular complexity index is 559. The fourth-order valence-corrected chi connectivity index (χ4v) is 2.29. The number of aryl methyl sites for hydroxylation is 2. The van der Waals surface area contributed by atoms with Crippen molar-refractivity contribution in [1.82, 2.24) is 9.97 Å².